The third-order valence-corrected chi connectivity index (χ3v) is 2.60. The maximum absolute atomic E-state index is 9.55. The minimum absolute atomic E-state index is 0. The normalized spacial score (nSPS) is 8.81. The van der Waals surface area contributed by atoms with Crippen LogP contribution in [0.1, 0.15) is 6.42 Å². The Hall–Kier alpha value is -0.0700. The van der Waals surface area contributed by atoms with Crippen molar-refractivity contribution >= 4 is 69.7 Å². The van der Waals surface area contributed by atoms with E-state index in [2.05, 4.69) is 23.7 Å². The van der Waals surface area contributed by atoms with Gasteiger partial charge in [0.1, 0.15) is 0 Å². The minimum Gasteiger partial charge on any atom is -0.245 e. The van der Waals surface area contributed by atoms with E-state index in [-0.39, 0.29) is 36.0 Å². The summed E-state index contributed by atoms with van der Waals surface area (Å²) in [5.41, 5.74) is 2.97. The first-order valence-electron chi connectivity index (χ1n) is 4.35. The predicted molar refractivity (Wildman–Crippen MR) is 72.9 cm³/mol. The van der Waals surface area contributed by atoms with E-state index >= 15 is 0 Å². The third kappa shape index (κ3) is 5.86. The maximum Gasteiger partial charge on any atom is 0.0812 e. The van der Waals surface area contributed by atoms with Crippen LogP contribution >= 0.6 is 24.0 Å². The van der Waals surface area contributed by atoms with Gasteiger partial charge >= 0.3 is 35.5 Å². The van der Waals surface area contributed by atoms with E-state index in [1.165, 1.54) is 4.70 Å². The quantitative estimate of drug-likeness (QED) is 0.645. The first-order chi connectivity index (χ1) is 7.24. The van der Waals surface area contributed by atoms with Crippen molar-refractivity contribution in [3.8, 4) is 0 Å². The standard InChI is InChI=1S/C7H5NS.C3H6O2S.Na.H/c1-2-4-7-6(3-1)8-5-9-7;4-3(5)1-2-6;;/h1-5H;6H,1-2H2,(H,4,5);;. The van der Waals surface area contributed by atoms with Crippen LogP contribution in [-0.4, -0.2) is 51.4 Å². The number of aliphatic carboxylic acids is 1. The van der Waals surface area contributed by atoms with Gasteiger partial charge in [0.2, 0.25) is 0 Å². The van der Waals surface area contributed by atoms with Gasteiger partial charge in [-0.3, -0.25) is 4.79 Å². The molecule has 0 aliphatic carbocycles. The summed E-state index contributed by atoms with van der Waals surface area (Å²) >= 11 is 5.36. The zero-order valence-corrected chi connectivity index (χ0v) is 9.67. The Kier molecular flexibility index (Phi) is 8.97. The minimum atomic E-state index is -0.787. The Balaban J connectivity index is 0.000000289. The SMILES string of the molecule is O=C(O)CCS.[NaH].c1ccc2scnc2c1. The molecule has 82 valence electrons. The molecule has 2 aromatic rings. The molecule has 1 heterocycles. The van der Waals surface area contributed by atoms with Gasteiger partial charge in [-0.1, -0.05) is 12.1 Å². The molecule has 0 aliphatic heterocycles. The van der Waals surface area contributed by atoms with Crippen LogP contribution in [-0.2, 0) is 4.79 Å². The first kappa shape index (κ1) is 15.9. The van der Waals surface area contributed by atoms with Gasteiger partial charge in [-0.25, -0.2) is 4.98 Å². The average molecular weight is 265 g/mol. The fourth-order valence-electron chi connectivity index (χ4n) is 0.899. The van der Waals surface area contributed by atoms with Crippen LogP contribution in [0.25, 0.3) is 10.2 Å². The number of carboxylic acids is 1. The summed E-state index contributed by atoms with van der Waals surface area (Å²) in [4.78, 5) is 13.7. The molecule has 1 N–H and O–H groups in total. The molecule has 0 fully saturated rings. The molecule has 0 amide bonds. The number of hydrogen-bond donors (Lipinski definition) is 2. The maximum atomic E-state index is 9.55. The van der Waals surface area contributed by atoms with Crippen molar-refractivity contribution in [1.82, 2.24) is 4.98 Å². The molecular formula is C10H12NNaO2S2. The van der Waals surface area contributed by atoms with Crippen LogP contribution in [0.15, 0.2) is 29.8 Å². The fraction of sp³-hybridized carbons (Fsp3) is 0.200. The Labute approximate surface area is 126 Å². The molecule has 0 spiro atoms. The number of hydrogen-bond acceptors (Lipinski definition) is 4. The second-order valence-corrected chi connectivity index (χ2v) is 4.02. The summed E-state index contributed by atoms with van der Waals surface area (Å²) in [6.07, 6.45) is 0.156. The van der Waals surface area contributed by atoms with Crippen molar-refractivity contribution < 1.29 is 9.90 Å². The van der Waals surface area contributed by atoms with Crippen molar-refractivity contribution in [2.24, 2.45) is 0 Å². The van der Waals surface area contributed by atoms with E-state index in [1.54, 1.807) is 11.3 Å². The topological polar surface area (TPSA) is 50.2 Å². The van der Waals surface area contributed by atoms with Gasteiger partial charge < -0.3 is 5.11 Å². The molecule has 0 bridgehead atoms. The molecule has 0 aliphatic rings. The number of thiazole rings is 1. The van der Waals surface area contributed by atoms with Gasteiger partial charge in [0.25, 0.3) is 0 Å². The Bertz CT molecular complexity index is 403. The Morgan fingerprint density at radius 1 is 1.44 bits per heavy atom. The largest absolute Gasteiger partial charge is 0.245 e. The second kappa shape index (κ2) is 9.01. The van der Waals surface area contributed by atoms with Crippen LogP contribution in [0.5, 0.6) is 0 Å². The van der Waals surface area contributed by atoms with Gasteiger partial charge in [-0.05, 0) is 12.1 Å². The summed E-state index contributed by atoms with van der Waals surface area (Å²) < 4.78 is 1.26. The van der Waals surface area contributed by atoms with Crippen LogP contribution in [0.4, 0.5) is 0 Å². The van der Waals surface area contributed by atoms with Crippen molar-refractivity contribution in [3.05, 3.63) is 29.8 Å². The number of nitrogens with zero attached hydrogens (tertiary/aromatic N) is 1. The van der Waals surface area contributed by atoms with E-state index in [1.807, 2.05) is 23.7 Å². The number of fused-ring (bicyclic) bond motifs is 1. The number of thiol groups is 1. The Morgan fingerprint density at radius 3 is 2.62 bits per heavy atom. The number of rotatable bonds is 2. The number of aromatic nitrogens is 1. The van der Waals surface area contributed by atoms with Crippen LogP contribution < -0.4 is 0 Å². The molecule has 0 saturated heterocycles. The molecule has 1 aromatic carbocycles. The van der Waals surface area contributed by atoms with E-state index in [9.17, 15) is 4.79 Å². The molecule has 16 heavy (non-hydrogen) atoms. The Morgan fingerprint density at radius 2 is 2.12 bits per heavy atom. The van der Waals surface area contributed by atoms with Crippen LogP contribution in [0, 0.1) is 0 Å². The van der Waals surface area contributed by atoms with Gasteiger partial charge in [0, 0.05) is 5.75 Å². The van der Waals surface area contributed by atoms with E-state index in [4.69, 9.17) is 5.11 Å². The number of para-hydroxylation sites is 1. The number of benzene rings is 1. The van der Waals surface area contributed by atoms with E-state index in [0.717, 1.165) is 5.52 Å². The van der Waals surface area contributed by atoms with Crippen LogP contribution in [0.2, 0.25) is 0 Å². The summed E-state index contributed by atoms with van der Waals surface area (Å²) in [7, 11) is 0. The van der Waals surface area contributed by atoms with Gasteiger partial charge in [0.05, 0.1) is 22.1 Å². The number of carbonyl (C=O) groups is 1. The van der Waals surface area contributed by atoms with Crippen molar-refractivity contribution in [2.75, 3.05) is 5.75 Å². The van der Waals surface area contributed by atoms with Crippen molar-refractivity contribution in [3.63, 3.8) is 0 Å². The van der Waals surface area contributed by atoms with Crippen LogP contribution in [0.3, 0.4) is 0 Å². The predicted octanol–water partition coefficient (Wildman–Crippen LogP) is 2.04. The van der Waals surface area contributed by atoms with E-state index < -0.39 is 5.97 Å². The van der Waals surface area contributed by atoms with Crippen molar-refractivity contribution in [2.45, 2.75) is 6.42 Å². The molecule has 3 nitrogen and oxygen atoms in total. The molecule has 1 aromatic heterocycles. The molecule has 6 heteroatoms. The summed E-state index contributed by atoms with van der Waals surface area (Å²) in [6.45, 7) is 0. The average Bonchev–Trinajstić information content (AvgIpc) is 2.65. The molecule has 0 unspecified atom stereocenters. The summed E-state index contributed by atoms with van der Waals surface area (Å²) in [6, 6.07) is 8.13. The summed E-state index contributed by atoms with van der Waals surface area (Å²) in [5.74, 6) is -0.361. The fourth-order valence-corrected chi connectivity index (χ4v) is 1.77. The smallest absolute Gasteiger partial charge is 0.0812 e. The zero-order valence-electron chi connectivity index (χ0n) is 7.96. The molecule has 0 radical (unpaired) electrons. The van der Waals surface area contributed by atoms with Crippen molar-refractivity contribution in [1.29, 1.82) is 0 Å². The molecule has 0 saturated carbocycles. The molecule has 2 rings (SSSR count). The zero-order chi connectivity index (χ0) is 11.1. The number of carboxylic acid groups (broad SMARTS) is 1. The summed E-state index contributed by atoms with van der Waals surface area (Å²) in [5, 5.41) is 7.86. The first-order valence-corrected chi connectivity index (χ1v) is 5.86. The van der Waals surface area contributed by atoms with Gasteiger partial charge in [0.15, 0.2) is 0 Å². The van der Waals surface area contributed by atoms with Gasteiger partial charge in [-0.2, -0.15) is 12.6 Å². The molecular weight excluding hydrogens is 253 g/mol. The third-order valence-electron chi connectivity index (χ3n) is 1.56. The van der Waals surface area contributed by atoms with E-state index in [0.29, 0.717) is 5.75 Å². The molecule has 0 atom stereocenters. The monoisotopic (exact) mass is 265 g/mol. The second-order valence-electron chi connectivity index (χ2n) is 2.69. The van der Waals surface area contributed by atoms with Gasteiger partial charge in [-0.15, -0.1) is 11.3 Å².